The molecule has 0 fully saturated rings. The van der Waals surface area contributed by atoms with Gasteiger partial charge in [0.1, 0.15) is 0 Å². The van der Waals surface area contributed by atoms with Gasteiger partial charge in [-0.2, -0.15) is 5.26 Å². The molecule has 1 aromatic rings. The van der Waals surface area contributed by atoms with E-state index in [1.807, 2.05) is 32.9 Å². The van der Waals surface area contributed by atoms with Crippen molar-refractivity contribution in [1.82, 2.24) is 4.90 Å². The highest BCUT2D eigenvalue weighted by Crippen LogP contribution is 2.15. The van der Waals surface area contributed by atoms with Crippen molar-refractivity contribution in [2.75, 3.05) is 13.1 Å². The second-order valence-corrected chi connectivity index (χ2v) is 5.04. The lowest BCUT2D eigenvalue weighted by atomic mass is 10.0. The SMILES string of the molecule is Cc1ccc(C#CCN)cc1C(=O)N(CCC#N)C(C)C. The predicted octanol–water partition coefficient (Wildman–Crippen LogP) is 2.07. The summed E-state index contributed by atoms with van der Waals surface area (Å²) in [5.74, 6) is 5.67. The highest BCUT2D eigenvalue weighted by atomic mass is 16.2. The van der Waals surface area contributed by atoms with Crippen molar-refractivity contribution in [2.24, 2.45) is 5.73 Å². The van der Waals surface area contributed by atoms with Crippen molar-refractivity contribution < 1.29 is 4.79 Å². The lowest BCUT2D eigenvalue weighted by Gasteiger charge is -2.26. The summed E-state index contributed by atoms with van der Waals surface area (Å²) in [6.07, 6.45) is 0.329. The molecule has 4 nitrogen and oxygen atoms in total. The summed E-state index contributed by atoms with van der Waals surface area (Å²) < 4.78 is 0. The zero-order valence-electron chi connectivity index (χ0n) is 12.8. The van der Waals surface area contributed by atoms with Crippen molar-refractivity contribution >= 4 is 5.91 Å². The zero-order valence-corrected chi connectivity index (χ0v) is 12.8. The van der Waals surface area contributed by atoms with Gasteiger partial charge in [-0.25, -0.2) is 0 Å². The number of rotatable bonds is 4. The van der Waals surface area contributed by atoms with Crippen LogP contribution in [0.2, 0.25) is 0 Å². The molecule has 0 aliphatic heterocycles. The Morgan fingerprint density at radius 2 is 2.14 bits per heavy atom. The summed E-state index contributed by atoms with van der Waals surface area (Å²) in [6, 6.07) is 7.69. The number of aryl methyl sites for hydroxylation is 1. The Morgan fingerprint density at radius 1 is 1.43 bits per heavy atom. The quantitative estimate of drug-likeness (QED) is 0.860. The number of nitrogens with two attached hydrogens (primary N) is 1. The average molecular weight is 283 g/mol. The van der Waals surface area contributed by atoms with Gasteiger partial charge < -0.3 is 10.6 Å². The molecule has 1 amide bonds. The molecule has 1 rings (SSSR count). The maximum Gasteiger partial charge on any atom is 0.254 e. The molecule has 0 aromatic heterocycles. The molecule has 0 aliphatic rings. The third-order valence-electron chi connectivity index (χ3n) is 3.15. The molecule has 4 heteroatoms. The fourth-order valence-electron chi connectivity index (χ4n) is 2.00. The lowest BCUT2D eigenvalue weighted by molar-refractivity contribution is 0.0709. The third kappa shape index (κ3) is 4.63. The molecule has 1 aromatic carbocycles. The summed E-state index contributed by atoms with van der Waals surface area (Å²) in [4.78, 5) is 14.4. The van der Waals surface area contributed by atoms with Gasteiger partial charge in [0.2, 0.25) is 0 Å². The van der Waals surface area contributed by atoms with E-state index < -0.39 is 0 Å². The van der Waals surface area contributed by atoms with Gasteiger partial charge in [0.25, 0.3) is 5.91 Å². The standard InChI is InChI=1S/C17H21N3O/c1-13(2)20(11-5-10-19)17(21)16-12-15(6-4-9-18)8-7-14(16)3/h7-8,12-13H,5,9,11,18H2,1-3H3. The molecule has 0 saturated heterocycles. The predicted molar refractivity (Wildman–Crippen MR) is 83.5 cm³/mol. The van der Waals surface area contributed by atoms with Crippen LogP contribution in [0.4, 0.5) is 0 Å². The minimum atomic E-state index is -0.0610. The number of carbonyl (C=O) groups is 1. The number of carbonyl (C=O) groups excluding carboxylic acids is 1. The van der Waals surface area contributed by atoms with Gasteiger partial charge in [-0.15, -0.1) is 0 Å². The largest absolute Gasteiger partial charge is 0.335 e. The van der Waals surface area contributed by atoms with Crippen molar-refractivity contribution in [3.63, 3.8) is 0 Å². The van der Waals surface area contributed by atoms with Crippen LogP contribution >= 0.6 is 0 Å². The smallest absolute Gasteiger partial charge is 0.254 e. The first kappa shape index (κ1) is 16.8. The van der Waals surface area contributed by atoms with Crippen LogP contribution in [0.25, 0.3) is 0 Å². The monoisotopic (exact) mass is 283 g/mol. The molecule has 0 bridgehead atoms. The summed E-state index contributed by atoms with van der Waals surface area (Å²) in [6.45, 7) is 6.52. The Bertz CT molecular complexity index is 603. The molecule has 0 unspecified atom stereocenters. The average Bonchev–Trinajstić information content (AvgIpc) is 2.46. The van der Waals surface area contributed by atoms with Gasteiger partial charge in [0.15, 0.2) is 0 Å². The van der Waals surface area contributed by atoms with E-state index in [1.165, 1.54) is 0 Å². The number of hydrogen-bond acceptors (Lipinski definition) is 3. The molecule has 21 heavy (non-hydrogen) atoms. The van der Waals surface area contributed by atoms with Crippen LogP contribution in [0.3, 0.4) is 0 Å². The molecule has 0 heterocycles. The van der Waals surface area contributed by atoms with Gasteiger partial charge in [-0.3, -0.25) is 4.79 Å². The summed E-state index contributed by atoms with van der Waals surface area (Å²) in [5.41, 5.74) is 7.68. The van der Waals surface area contributed by atoms with Gasteiger partial charge in [-0.1, -0.05) is 17.9 Å². The van der Waals surface area contributed by atoms with Gasteiger partial charge in [0.05, 0.1) is 19.0 Å². The second-order valence-electron chi connectivity index (χ2n) is 5.04. The Hall–Kier alpha value is -2.30. The van der Waals surface area contributed by atoms with E-state index >= 15 is 0 Å². The van der Waals surface area contributed by atoms with Crippen LogP contribution in [-0.4, -0.2) is 29.9 Å². The molecule has 110 valence electrons. The minimum absolute atomic E-state index is 0.0454. The summed E-state index contributed by atoms with van der Waals surface area (Å²) in [5, 5.41) is 8.73. The second kappa shape index (κ2) is 8.09. The Kier molecular flexibility index (Phi) is 6.46. The van der Waals surface area contributed by atoms with E-state index in [9.17, 15) is 4.79 Å². The Morgan fingerprint density at radius 3 is 2.71 bits per heavy atom. The molecule has 0 spiro atoms. The molecule has 0 radical (unpaired) electrons. The number of nitrogens with zero attached hydrogens (tertiary/aromatic N) is 2. The van der Waals surface area contributed by atoms with E-state index in [0.29, 0.717) is 18.5 Å². The van der Waals surface area contributed by atoms with Crippen molar-refractivity contribution in [3.05, 3.63) is 34.9 Å². The van der Waals surface area contributed by atoms with Crippen molar-refractivity contribution in [1.29, 1.82) is 5.26 Å². The molecule has 0 aliphatic carbocycles. The van der Waals surface area contributed by atoms with E-state index in [-0.39, 0.29) is 18.5 Å². The topological polar surface area (TPSA) is 70.1 Å². The number of benzene rings is 1. The van der Waals surface area contributed by atoms with E-state index in [1.54, 1.807) is 11.0 Å². The summed E-state index contributed by atoms with van der Waals surface area (Å²) in [7, 11) is 0. The number of hydrogen-bond donors (Lipinski definition) is 1. The van der Waals surface area contributed by atoms with E-state index in [2.05, 4.69) is 17.9 Å². The Balaban J connectivity index is 3.12. The number of nitriles is 1. The van der Waals surface area contributed by atoms with Crippen LogP contribution in [0.5, 0.6) is 0 Å². The highest BCUT2D eigenvalue weighted by molar-refractivity contribution is 5.96. The van der Waals surface area contributed by atoms with Gasteiger partial charge >= 0.3 is 0 Å². The molecular formula is C17H21N3O. The van der Waals surface area contributed by atoms with Crippen LogP contribution in [0.15, 0.2) is 18.2 Å². The zero-order chi connectivity index (χ0) is 15.8. The normalized spacial score (nSPS) is 9.71. The van der Waals surface area contributed by atoms with E-state index in [0.717, 1.165) is 11.1 Å². The van der Waals surface area contributed by atoms with Gasteiger partial charge in [-0.05, 0) is 38.5 Å². The first-order chi connectivity index (χ1) is 10.0. The van der Waals surface area contributed by atoms with Crippen LogP contribution in [-0.2, 0) is 0 Å². The van der Waals surface area contributed by atoms with Crippen LogP contribution in [0.1, 0.15) is 41.8 Å². The maximum atomic E-state index is 12.7. The molecule has 0 saturated carbocycles. The first-order valence-corrected chi connectivity index (χ1v) is 6.98. The van der Waals surface area contributed by atoms with E-state index in [4.69, 9.17) is 11.0 Å². The van der Waals surface area contributed by atoms with Crippen LogP contribution < -0.4 is 5.73 Å². The third-order valence-corrected chi connectivity index (χ3v) is 3.15. The minimum Gasteiger partial charge on any atom is -0.335 e. The fraction of sp³-hybridized carbons (Fsp3) is 0.412. The molecular weight excluding hydrogens is 262 g/mol. The Labute approximate surface area is 126 Å². The highest BCUT2D eigenvalue weighted by Gasteiger charge is 2.20. The summed E-state index contributed by atoms with van der Waals surface area (Å²) >= 11 is 0. The van der Waals surface area contributed by atoms with Crippen LogP contribution in [0, 0.1) is 30.1 Å². The lowest BCUT2D eigenvalue weighted by Crippen LogP contribution is -2.38. The van der Waals surface area contributed by atoms with Crippen molar-refractivity contribution in [3.8, 4) is 17.9 Å². The van der Waals surface area contributed by atoms with Crippen molar-refractivity contribution in [2.45, 2.75) is 33.2 Å². The van der Waals surface area contributed by atoms with Gasteiger partial charge in [0, 0.05) is 23.7 Å². The molecule has 2 N–H and O–H groups in total. The number of amides is 1. The first-order valence-electron chi connectivity index (χ1n) is 6.98. The maximum absolute atomic E-state index is 12.7. The fourth-order valence-corrected chi connectivity index (χ4v) is 2.00. The molecule has 0 atom stereocenters.